The molecule has 2 aliphatic rings. The predicted molar refractivity (Wildman–Crippen MR) is 65.8 cm³/mol. The molecule has 0 aromatic heterocycles. The first-order chi connectivity index (χ1) is 8.17. The molecule has 1 spiro atoms. The molecule has 0 N–H and O–H groups in total. The number of hydrogen-bond donors (Lipinski definition) is 0. The first-order valence-electron chi connectivity index (χ1n) is 5.74. The van der Waals surface area contributed by atoms with Gasteiger partial charge in [0.15, 0.2) is 5.79 Å². The molecule has 0 bridgehead atoms. The van der Waals surface area contributed by atoms with Crippen LogP contribution in [0.25, 0.3) is 0 Å². The van der Waals surface area contributed by atoms with Crippen molar-refractivity contribution < 1.29 is 14.3 Å². The Balaban J connectivity index is 2.02. The van der Waals surface area contributed by atoms with Crippen molar-refractivity contribution in [2.24, 2.45) is 0 Å². The predicted octanol–water partition coefficient (Wildman–Crippen LogP) is 2.25. The van der Waals surface area contributed by atoms with Gasteiger partial charge in [0, 0.05) is 17.3 Å². The summed E-state index contributed by atoms with van der Waals surface area (Å²) in [6, 6.07) is 6.03. The Labute approximate surface area is 108 Å². The number of carbonyl (C=O) groups excluding carboxylic acids is 1. The van der Waals surface area contributed by atoms with Gasteiger partial charge in [0.05, 0.1) is 19.6 Å². The van der Waals surface area contributed by atoms with E-state index in [0.717, 1.165) is 15.6 Å². The third-order valence-electron chi connectivity index (χ3n) is 3.30. The van der Waals surface area contributed by atoms with Crippen molar-refractivity contribution in [3.05, 3.63) is 33.8 Å². The van der Waals surface area contributed by atoms with Gasteiger partial charge in [0.2, 0.25) is 0 Å². The van der Waals surface area contributed by atoms with Crippen molar-refractivity contribution in [1.82, 2.24) is 0 Å². The van der Waals surface area contributed by atoms with E-state index in [1.54, 1.807) is 0 Å². The minimum absolute atomic E-state index is 0.188. The van der Waals surface area contributed by atoms with Crippen molar-refractivity contribution in [2.75, 3.05) is 13.2 Å². The highest BCUT2D eigenvalue weighted by Crippen LogP contribution is 2.34. The highest BCUT2D eigenvalue weighted by molar-refractivity contribution is 9.10. The molecule has 4 heteroatoms. The molecule has 3 rings (SSSR count). The summed E-state index contributed by atoms with van der Waals surface area (Å²) in [4.78, 5) is 11.9. The van der Waals surface area contributed by atoms with E-state index in [-0.39, 0.29) is 5.78 Å². The Morgan fingerprint density at radius 1 is 1.12 bits per heavy atom. The third kappa shape index (κ3) is 2.17. The average molecular weight is 297 g/mol. The highest BCUT2D eigenvalue weighted by atomic mass is 79.9. The molecule has 1 aliphatic carbocycles. The van der Waals surface area contributed by atoms with Crippen LogP contribution in [0.4, 0.5) is 0 Å². The van der Waals surface area contributed by atoms with Crippen LogP contribution in [0.3, 0.4) is 0 Å². The van der Waals surface area contributed by atoms with Gasteiger partial charge in [-0.25, -0.2) is 0 Å². The first kappa shape index (κ1) is 11.4. The molecular weight excluding hydrogens is 284 g/mol. The number of benzene rings is 1. The highest BCUT2D eigenvalue weighted by Gasteiger charge is 2.41. The molecule has 17 heavy (non-hydrogen) atoms. The van der Waals surface area contributed by atoms with E-state index in [4.69, 9.17) is 9.47 Å². The van der Waals surface area contributed by atoms with Crippen LogP contribution in [0.15, 0.2) is 22.7 Å². The summed E-state index contributed by atoms with van der Waals surface area (Å²) in [6.45, 7) is 1.16. The topological polar surface area (TPSA) is 35.5 Å². The summed E-state index contributed by atoms with van der Waals surface area (Å²) in [6.07, 6.45) is 1.50. The Morgan fingerprint density at radius 2 is 1.88 bits per heavy atom. The number of carbonyl (C=O) groups is 1. The van der Waals surface area contributed by atoms with Gasteiger partial charge in [-0.05, 0) is 23.3 Å². The van der Waals surface area contributed by atoms with Gasteiger partial charge in [0.1, 0.15) is 5.78 Å². The monoisotopic (exact) mass is 296 g/mol. The Morgan fingerprint density at radius 3 is 2.65 bits per heavy atom. The molecule has 0 unspecified atom stereocenters. The number of hydrogen-bond acceptors (Lipinski definition) is 3. The standard InChI is InChI=1S/C13H13BrO3/c14-11-2-1-9-6-12(15)8-13(7-10(9)5-11)16-3-4-17-13/h1-2,5H,3-4,6-8H2. The van der Waals surface area contributed by atoms with Gasteiger partial charge in [-0.15, -0.1) is 0 Å². The maximum Gasteiger partial charge on any atom is 0.179 e. The van der Waals surface area contributed by atoms with Gasteiger partial charge in [-0.1, -0.05) is 22.0 Å². The second kappa shape index (κ2) is 4.19. The van der Waals surface area contributed by atoms with E-state index in [9.17, 15) is 4.79 Å². The van der Waals surface area contributed by atoms with Crippen LogP contribution in [0.1, 0.15) is 17.5 Å². The average Bonchev–Trinajstić information content (AvgIpc) is 2.64. The van der Waals surface area contributed by atoms with E-state index in [2.05, 4.69) is 22.0 Å². The Hall–Kier alpha value is -0.710. The van der Waals surface area contributed by atoms with Crippen molar-refractivity contribution in [1.29, 1.82) is 0 Å². The van der Waals surface area contributed by atoms with Gasteiger partial charge in [-0.3, -0.25) is 4.79 Å². The quantitative estimate of drug-likeness (QED) is 0.737. The normalized spacial score (nSPS) is 22.5. The van der Waals surface area contributed by atoms with Crippen molar-refractivity contribution in [3.8, 4) is 0 Å². The molecule has 90 valence electrons. The maximum absolute atomic E-state index is 11.9. The Kier molecular flexibility index (Phi) is 2.81. The fourth-order valence-electron chi connectivity index (χ4n) is 2.56. The summed E-state index contributed by atoms with van der Waals surface area (Å²) >= 11 is 3.46. The third-order valence-corrected chi connectivity index (χ3v) is 3.79. The van der Waals surface area contributed by atoms with Crippen LogP contribution in [0.2, 0.25) is 0 Å². The first-order valence-corrected chi connectivity index (χ1v) is 6.53. The number of ether oxygens (including phenoxy) is 2. The zero-order valence-electron chi connectivity index (χ0n) is 9.37. The summed E-state index contributed by atoms with van der Waals surface area (Å²) in [5, 5.41) is 0. The zero-order valence-corrected chi connectivity index (χ0v) is 11.0. The summed E-state index contributed by atoms with van der Waals surface area (Å²) in [5.74, 6) is -0.517. The number of fused-ring (bicyclic) bond motifs is 1. The largest absolute Gasteiger partial charge is 0.347 e. The molecule has 1 aromatic carbocycles. The SMILES string of the molecule is O=C1Cc2ccc(Br)cc2CC2(C1)OCCO2. The Bertz CT molecular complexity index is 464. The van der Waals surface area contributed by atoms with Crippen LogP contribution >= 0.6 is 15.9 Å². The van der Waals surface area contributed by atoms with E-state index in [1.807, 2.05) is 12.1 Å². The molecule has 1 saturated heterocycles. The lowest BCUT2D eigenvalue weighted by molar-refractivity contribution is -0.166. The molecule has 0 atom stereocenters. The molecule has 1 heterocycles. The fourth-order valence-corrected chi connectivity index (χ4v) is 2.97. The van der Waals surface area contributed by atoms with Crippen molar-refractivity contribution in [3.63, 3.8) is 0 Å². The van der Waals surface area contributed by atoms with Crippen LogP contribution < -0.4 is 0 Å². The van der Waals surface area contributed by atoms with Crippen molar-refractivity contribution in [2.45, 2.75) is 25.0 Å². The second-order valence-electron chi connectivity index (χ2n) is 4.59. The van der Waals surface area contributed by atoms with E-state index in [1.165, 1.54) is 0 Å². The molecule has 0 amide bonds. The number of rotatable bonds is 0. The minimum Gasteiger partial charge on any atom is -0.347 e. The second-order valence-corrected chi connectivity index (χ2v) is 5.51. The maximum atomic E-state index is 11.9. The van der Waals surface area contributed by atoms with Crippen LogP contribution in [0, 0.1) is 0 Å². The summed E-state index contributed by atoms with van der Waals surface area (Å²) in [5.41, 5.74) is 2.24. The van der Waals surface area contributed by atoms with Crippen LogP contribution in [-0.4, -0.2) is 24.8 Å². The van der Waals surface area contributed by atoms with E-state index < -0.39 is 5.79 Å². The number of ketones is 1. The molecule has 1 aliphatic heterocycles. The van der Waals surface area contributed by atoms with Gasteiger partial charge in [-0.2, -0.15) is 0 Å². The number of halogens is 1. The van der Waals surface area contributed by atoms with Crippen LogP contribution in [0.5, 0.6) is 0 Å². The van der Waals surface area contributed by atoms with Gasteiger partial charge >= 0.3 is 0 Å². The molecule has 0 radical (unpaired) electrons. The van der Waals surface area contributed by atoms with Crippen LogP contribution in [-0.2, 0) is 27.1 Å². The molecule has 1 aromatic rings. The van der Waals surface area contributed by atoms with E-state index >= 15 is 0 Å². The van der Waals surface area contributed by atoms with Crippen molar-refractivity contribution >= 4 is 21.7 Å². The number of Topliss-reactive ketones (excluding diaryl/α,β-unsaturated/α-hetero) is 1. The summed E-state index contributed by atoms with van der Waals surface area (Å²) in [7, 11) is 0. The smallest absolute Gasteiger partial charge is 0.179 e. The lowest BCUT2D eigenvalue weighted by atomic mass is 10.0. The van der Waals surface area contributed by atoms with E-state index in [0.29, 0.717) is 32.5 Å². The van der Waals surface area contributed by atoms with Gasteiger partial charge < -0.3 is 9.47 Å². The van der Waals surface area contributed by atoms with Gasteiger partial charge in [0.25, 0.3) is 0 Å². The lowest BCUT2D eigenvalue weighted by Gasteiger charge is -2.25. The minimum atomic E-state index is -0.705. The molecule has 0 saturated carbocycles. The molecule has 1 fully saturated rings. The lowest BCUT2D eigenvalue weighted by Crippen LogP contribution is -2.34. The summed E-state index contributed by atoms with van der Waals surface area (Å²) < 4.78 is 12.4. The molecule has 3 nitrogen and oxygen atoms in total. The fraction of sp³-hybridized carbons (Fsp3) is 0.462. The zero-order chi connectivity index (χ0) is 11.9. The molecular formula is C13H13BrO3.